The van der Waals surface area contributed by atoms with E-state index in [4.69, 9.17) is 0 Å². The summed E-state index contributed by atoms with van der Waals surface area (Å²) < 4.78 is 1.27. The predicted molar refractivity (Wildman–Crippen MR) is 125 cm³/mol. The quantitative estimate of drug-likeness (QED) is 0.449. The van der Waals surface area contributed by atoms with Crippen LogP contribution in [0.5, 0.6) is 0 Å². The fourth-order valence-electron chi connectivity index (χ4n) is 3.23. The predicted octanol–water partition coefficient (Wildman–Crippen LogP) is 3.50. The Hall–Kier alpha value is -3.30. The van der Waals surface area contributed by atoms with Crippen LogP contribution in [0.3, 0.4) is 0 Å². The third-order valence-corrected chi connectivity index (χ3v) is 6.57. The molecule has 2 amide bonds. The first-order valence-corrected chi connectivity index (χ1v) is 11.5. The van der Waals surface area contributed by atoms with E-state index >= 15 is 0 Å². The van der Waals surface area contributed by atoms with Crippen molar-refractivity contribution in [3.63, 3.8) is 0 Å². The summed E-state index contributed by atoms with van der Waals surface area (Å²) in [5, 5.41) is 9.74. The van der Waals surface area contributed by atoms with Crippen molar-refractivity contribution in [2.24, 2.45) is 0 Å². The molecule has 158 valence electrons. The van der Waals surface area contributed by atoms with E-state index in [1.807, 2.05) is 54.1 Å². The van der Waals surface area contributed by atoms with Gasteiger partial charge in [-0.05, 0) is 29.5 Å². The van der Waals surface area contributed by atoms with Crippen molar-refractivity contribution in [1.82, 2.24) is 14.9 Å². The van der Waals surface area contributed by atoms with E-state index in [0.29, 0.717) is 10.2 Å². The van der Waals surface area contributed by atoms with Gasteiger partial charge in [-0.25, -0.2) is 4.98 Å². The number of fused-ring (bicyclic) bond motifs is 1. The molecule has 0 saturated heterocycles. The number of benzene rings is 1. The zero-order valence-corrected chi connectivity index (χ0v) is 18.4. The van der Waals surface area contributed by atoms with Crippen LogP contribution in [0, 0.1) is 0 Å². The molecule has 0 fully saturated rings. The van der Waals surface area contributed by atoms with Crippen LogP contribution in [0.15, 0.2) is 58.3 Å². The van der Waals surface area contributed by atoms with Crippen molar-refractivity contribution < 1.29 is 9.59 Å². The van der Waals surface area contributed by atoms with Gasteiger partial charge in [0, 0.05) is 21.5 Å². The maximum atomic E-state index is 13.0. The Morgan fingerprint density at radius 1 is 1.10 bits per heavy atom. The third kappa shape index (κ3) is 4.57. The molecule has 0 atom stereocenters. The fraction of sp³-hybridized carbons (Fsp3) is 0.182. The highest BCUT2D eigenvalue weighted by Crippen LogP contribution is 2.33. The summed E-state index contributed by atoms with van der Waals surface area (Å²) >= 11 is 2.95. The van der Waals surface area contributed by atoms with E-state index in [2.05, 4.69) is 15.6 Å². The fourth-order valence-corrected chi connectivity index (χ4v) is 4.95. The molecule has 0 aliphatic rings. The molecule has 4 aromatic rings. The molecule has 0 radical (unpaired) electrons. The van der Waals surface area contributed by atoms with Crippen LogP contribution in [-0.4, -0.2) is 27.9 Å². The molecule has 0 aliphatic carbocycles. The smallest absolute Gasteiger partial charge is 0.263 e. The summed E-state index contributed by atoms with van der Waals surface area (Å²) in [6.07, 6.45) is 2.16. The molecule has 9 heteroatoms. The Labute approximate surface area is 186 Å². The van der Waals surface area contributed by atoms with Crippen molar-refractivity contribution in [2.75, 3.05) is 11.9 Å². The molecule has 0 unspecified atom stereocenters. The average Bonchev–Trinajstić information content (AvgIpc) is 3.44. The highest BCUT2D eigenvalue weighted by Gasteiger charge is 2.15. The molecule has 2 N–H and O–H groups in total. The maximum absolute atomic E-state index is 13.0. The molecule has 31 heavy (non-hydrogen) atoms. The molecule has 0 aliphatic heterocycles. The van der Waals surface area contributed by atoms with E-state index in [1.165, 1.54) is 22.2 Å². The summed E-state index contributed by atoms with van der Waals surface area (Å²) in [5.41, 5.74) is 2.31. The first-order valence-electron chi connectivity index (χ1n) is 9.71. The minimum absolute atomic E-state index is 0.180. The van der Waals surface area contributed by atoms with Gasteiger partial charge in [-0.2, -0.15) is 0 Å². The number of hydrogen-bond donors (Lipinski definition) is 2. The van der Waals surface area contributed by atoms with Gasteiger partial charge in [-0.15, -0.1) is 22.7 Å². The molecular weight excluding hydrogens is 432 g/mol. The first-order chi connectivity index (χ1) is 15.1. The average molecular weight is 453 g/mol. The van der Waals surface area contributed by atoms with Crippen molar-refractivity contribution in [3.8, 4) is 10.4 Å². The molecule has 1 aromatic carbocycles. The number of carbonyl (C=O) groups excluding carboxylic acids is 2. The number of rotatable bonds is 7. The molecule has 0 saturated carbocycles. The number of nitrogens with one attached hydrogen (secondary N) is 2. The molecule has 0 bridgehead atoms. The molecule has 3 heterocycles. The SMILES string of the molecule is CCc1ccccc1NC(=O)CNC(=O)Cn1cnc2scc(-c3cccs3)c2c1=O. The Morgan fingerprint density at radius 3 is 2.71 bits per heavy atom. The normalized spacial score (nSPS) is 10.9. The lowest BCUT2D eigenvalue weighted by atomic mass is 10.1. The highest BCUT2D eigenvalue weighted by atomic mass is 32.1. The number of amides is 2. The molecule has 4 rings (SSSR count). The first kappa shape index (κ1) is 21.0. The van der Waals surface area contributed by atoms with Crippen molar-refractivity contribution in [3.05, 3.63) is 69.4 Å². The molecular formula is C22H20N4O3S2. The van der Waals surface area contributed by atoms with Crippen molar-refractivity contribution in [2.45, 2.75) is 19.9 Å². The lowest BCUT2D eigenvalue weighted by molar-refractivity contribution is -0.124. The Balaban J connectivity index is 1.43. The van der Waals surface area contributed by atoms with Gasteiger partial charge >= 0.3 is 0 Å². The van der Waals surface area contributed by atoms with Gasteiger partial charge in [0.2, 0.25) is 11.8 Å². The van der Waals surface area contributed by atoms with Crippen LogP contribution >= 0.6 is 22.7 Å². The number of carbonyl (C=O) groups is 2. The minimum Gasteiger partial charge on any atom is -0.345 e. The zero-order chi connectivity index (χ0) is 21.8. The van der Waals surface area contributed by atoms with Crippen LogP contribution < -0.4 is 16.2 Å². The largest absolute Gasteiger partial charge is 0.345 e. The highest BCUT2D eigenvalue weighted by molar-refractivity contribution is 7.18. The van der Waals surface area contributed by atoms with Crippen LogP contribution in [0.25, 0.3) is 20.7 Å². The Kier molecular flexibility index (Phi) is 6.24. The summed E-state index contributed by atoms with van der Waals surface area (Å²) in [5.74, 6) is -0.761. The standard InChI is InChI=1S/C22H20N4O3S2/c1-2-14-6-3-4-7-16(14)25-18(27)10-23-19(28)11-26-13-24-21-20(22(26)29)15(12-31-21)17-8-5-9-30-17/h3-9,12-13H,2,10-11H2,1H3,(H,23,28)(H,25,27). The van der Waals surface area contributed by atoms with Crippen LogP contribution in [-0.2, 0) is 22.6 Å². The third-order valence-electron chi connectivity index (χ3n) is 4.78. The van der Waals surface area contributed by atoms with E-state index < -0.39 is 5.91 Å². The van der Waals surface area contributed by atoms with Gasteiger partial charge in [0.25, 0.3) is 5.56 Å². The second kappa shape index (κ2) is 9.23. The summed E-state index contributed by atoms with van der Waals surface area (Å²) in [7, 11) is 0. The number of thiophene rings is 2. The number of hydrogen-bond acceptors (Lipinski definition) is 6. The van der Waals surface area contributed by atoms with Gasteiger partial charge in [-0.1, -0.05) is 31.2 Å². The van der Waals surface area contributed by atoms with Crippen LogP contribution in [0.2, 0.25) is 0 Å². The van der Waals surface area contributed by atoms with Gasteiger partial charge in [-0.3, -0.25) is 19.0 Å². The van der Waals surface area contributed by atoms with Gasteiger partial charge in [0.15, 0.2) is 0 Å². The maximum Gasteiger partial charge on any atom is 0.263 e. The van der Waals surface area contributed by atoms with Crippen LogP contribution in [0.4, 0.5) is 5.69 Å². The minimum atomic E-state index is -0.435. The summed E-state index contributed by atoms with van der Waals surface area (Å²) in [4.78, 5) is 43.5. The van der Waals surface area contributed by atoms with E-state index in [-0.39, 0.29) is 24.6 Å². The number of nitrogens with zero attached hydrogens (tertiary/aromatic N) is 2. The van der Waals surface area contributed by atoms with E-state index in [9.17, 15) is 14.4 Å². The molecule has 3 aromatic heterocycles. The zero-order valence-electron chi connectivity index (χ0n) is 16.8. The second-order valence-corrected chi connectivity index (χ2v) is 8.63. The Morgan fingerprint density at radius 2 is 1.94 bits per heavy atom. The van der Waals surface area contributed by atoms with E-state index in [0.717, 1.165) is 28.1 Å². The summed E-state index contributed by atoms with van der Waals surface area (Å²) in [6.45, 7) is 1.62. The van der Waals surface area contributed by atoms with E-state index in [1.54, 1.807) is 11.3 Å². The topological polar surface area (TPSA) is 93.1 Å². The molecule has 7 nitrogen and oxygen atoms in total. The van der Waals surface area contributed by atoms with Gasteiger partial charge in [0.1, 0.15) is 11.4 Å². The lowest BCUT2D eigenvalue weighted by Crippen LogP contribution is -2.37. The number of para-hydroxylation sites is 1. The second-order valence-electron chi connectivity index (χ2n) is 6.82. The number of aryl methyl sites for hydroxylation is 1. The lowest BCUT2D eigenvalue weighted by Gasteiger charge is -2.11. The van der Waals surface area contributed by atoms with Gasteiger partial charge in [0.05, 0.1) is 18.3 Å². The number of anilines is 1. The van der Waals surface area contributed by atoms with Crippen molar-refractivity contribution >= 4 is 50.4 Å². The monoisotopic (exact) mass is 452 g/mol. The summed E-state index contributed by atoms with van der Waals surface area (Å²) in [6, 6.07) is 11.4. The number of aromatic nitrogens is 2. The van der Waals surface area contributed by atoms with Crippen LogP contribution in [0.1, 0.15) is 12.5 Å². The Bertz CT molecular complexity index is 1290. The van der Waals surface area contributed by atoms with Gasteiger partial charge < -0.3 is 10.6 Å². The molecule has 0 spiro atoms. The van der Waals surface area contributed by atoms with Crippen molar-refractivity contribution in [1.29, 1.82) is 0 Å².